The predicted octanol–water partition coefficient (Wildman–Crippen LogP) is 4.74. The maximum Gasteiger partial charge on any atom is 0.127 e. The van der Waals surface area contributed by atoms with Gasteiger partial charge in [-0.05, 0) is 41.5 Å². The number of nitrogens with two attached hydrogens (primary N) is 1. The smallest absolute Gasteiger partial charge is 0.127 e. The molecule has 0 aromatic heterocycles. The summed E-state index contributed by atoms with van der Waals surface area (Å²) in [6, 6.07) is 9.13. The zero-order valence-corrected chi connectivity index (χ0v) is 13.6. The Morgan fingerprint density at radius 2 is 1.85 bits per heavy atom. The maximum absolute atomic E-state index is 6.38. The van der Waals surface area contributed by atoms with Crippen LogP contribution in [0.5, 0.6) is 5.75 Å². The molecule has 0 aliphatic carbocycles. The second kappa shape index (κ2) is 5.57. The molecule has 3 rings (SSSR count). The number of ether oxygens (including phenoxy) is 1. The molecule has 2 nitrogen and oxygen atoms in total. The molecule has 0 saturated heterocycles. The Bertz CT molecular complexity index is 655. The van der Waals surface area contributed by atoms with E-state index in [9.17, 15) is 0 Å². The summed E-state index contributed by atoms with van der Waals surface area (Å²) in [4.78, 5) is 0. The second-order valence-electron chi connectivity index (χ2n) is 4.76. The van der Waals surface area contributed by atoms with E-state index in [0.29, 0.717) is 16.7 Å². The van der Waals surface area contributed by atoms with Crippen LogP contribution in [0.15, 0.2) is 34.8 Å². The molecule has 2 N–H and O–H groups in total. The first-order valence-corrected chi connectivity index (χ1v) is 7.76. The average Bonchev–Trinajstić information content (AvgIpc) is 2.83. The first kappa shape index (κ1) is 14.2. The van der Waals surface area contributed by atoms with Crippen LogP contribution < -0.4 is 10.5 Å². The van der Waals surface area contributed by atoms with Gasteiger partial charge >= 0.3 is 0 Å². The van der Waals surface area contributed by atoms with E-state index >= 15 is 0 Å². The van der Waals surface area contributed by atoms with Crippen molar-refractivity contribution in [2.45, 2.75) is 12.5 Å². The van der Waals surface area contributed by atoms with E-state index in [-0.39, 0.29) is 6.04 Å². The Balaban J connectivity index is 2.08. The van der Waals surface area contributed by atoms with Gasteiger partial charge in [0.2, 0.25) is 0 Å². The summed E-state index contributed by atoms with van der Waals surface area (Å²) in [5, 5.41) is 1.32. The van der Waals surface area contributed by atoms with E-state index < -0.39 is 0 Å². The summed E-state index contributed by atoms with van der Waals surface area (Å²) in [6.45, 7) is 0.675. The largest absolute Gasteiger partial charge is 0.493 e. The number of hydrogen-bond acceptors (Lipinski definition) is 2. The Morgan fingerprint density at radius 3 is 2.60 bits per heavy atom. The van der Waals surface area contributed by atoms with Crippen LogP contribution in [0.1, 0.15) is 22.7 Å². The minimum absolute atomic E-state index is 0.324. The van der Waals surface area contributed by atoms with E-state index in [2.05, 4.69) is 15.9 Å². The lowest BCUT2D eigenvalue weighted by molar-refractivity contribution is 0.352. The first-order valence-electron chi connectivity index (χ1n) is 6.21. The molecule has 1 aliphatic heterocycles. The highest BCUT2D eigenvalue weighted by molar-refractivity contribution is 9.10. The van der Waals surface area contributed by atoms with Gasteiger partial charge in [-0.1, -0.05) is 39.1 Å². The average molecular weight is 373 g/mol. The predicted molar refractivity (Wildman–Crippen MR) is 85.8 cm³/mol. The third-order valence-corrected chi connectivity index (χ3v) is 4.25. The number of fused-ring (bicyclic) bond motifs is 1. The zero-order chi connectivity index (χ0) is 14.3. The summed E-state index contributed by atoms with van der Waals surface area (Å²) >= 11 is 15.7. The fraction of sp³-hybridized carbons (Fsp3) is 0.200. The lowest BCUT2D eigenvalue weighted by Gasteiger charge is -2.17. The van der Waals surface area contributed by atoms with E-state index in [1.807, 2.05) is 30.3 Å². The highest BCUT2D eigenvalue weighted by atomic mass is 79.9. The molecule has 1 heterocycles. The molecule has 1 atom stereocenters. The molecule has 1 unspecified atom stereocenters. The summed E-state index contributed by atoms with van der Waals surface area (Å²) < 4.78 is 6.60. The molecule has 0 radical (unpaired) electrons. The van der Waals surface area contributed by atoms with Crippen molar-refractivity contribution in [3.63, 3.8) is 0 Å². The van der Waals surface area contributed by atoms with Crippen LogP contribution in [0.2, 0.25) is 10.0 Å². The fourth-order valence-corrected chi connectivity index (χ4v) is 3.60. The Labute approximate surface area is 136 Å². The maximum atomic E-state index is 6.38. The van der Waals surface area contributed by atoms with Crippen molar-refractivity contribution in [1.82, 2.24) is 0 Å². The number of benzene rings is 2. The third kappa shape index (κ3) is 2.68. The van der Waals surface area contributed by atoms with Gasteiger partial charge in [-0.15, -0.1) is 0 Å². The quantitative estimate of drug-likeness (QED) is 0.826. The van der Waals surface area contributed by atoms with Crippen LogP contribution in [0, 0.1) is 0 Å². The van der Waals surface area contributed by atoms with Gasteiger partial charge in [-0.25, -0.2) is 0 Å². The van der Waals surface area contributed by atoms with Crippen molar-refractivity contribution in [2.24, 2.45) is 5.73 Å². The molecule has 0 spiro atoms. The number of hydrogen-bond donors (Lipinski definition) is 1. The van der Waals surface area contributed by atoms with Crippen LogP contribution in [-0.2, 0) is 6.42 Å². The highest BCUT2D eigenvalue weighted by Crippen LogP contribution is 2.38. The van der Waals surface area contributed by atoms with Crippen molar-refractivity contribution >= 4 is 39.1 Å². The third-order valence-electron chi connectivity index (χ3n) is 3.36. The van der Waals surface area contributed by atoms with Crippen LogP contribution in [0.25, 0.3) is 0 Å². The van der Waals surface area contributed by atoms with Crippen LogP contribution in [0.3, 0.4) is 0 Å². The summed E-state index contributed by atoms with van der Waals surface area (Å²) in [7, 11) is 0. The number of rotatable bonds is 2. The molecule has 20 heavy (non-hydrogen) atoms. The lowest BCUT2D eigenvalue weighted by Crippen LogP contribution is -2.13. The van der Waals surface area contributed by atoms with Crippen LogP contribution in [-0.4, -0.2) is 6.61 Å². The molecule has 2 aromatic rings. The van der Waals surface area contributed by atoms with Gasteiger partial charge < -0.3 is 10.5 Å². The monoisotopic (exact) mass is 371 g/mol. The molecule has 0 saturated carbocycles. The molecule has 0 amide bonds. The summed E-state index contributed by atoms with van der Waals surface area (Å²) in [5.41, 5.74) is 9.32. The van der Waals surface area contributed by atoms with Crippen molar-refractivity contribution in [2.75, 3.05) is 6.61 Å². The minimum atomic E-state index is -0.324. The van der Waals surface area contributed by atoms with Gasteiger partial charge in [0.15, 0.2) is 0 Å². The van der Waals surface area contributed by atoms with Crippen molar-refractivity contribution < 1.29 is 4.74 Å². The topological polar surface area (TPSA) is 35.2 Å². The van der Waals surface area contributed by atoms with E-state index in [0.717, 1.165) is 33.3 Å². The lowest BCUT2D eigenvalue weighted by atomic mass is 9.96. The van der Waals surface area contributed by atoms with E-state index in [1.165, 1.54) is 0 Å². The van der Waals surface area contributed by atoms with Gasteiger partial charge in [-0.2, -0.15) is 0 Å². The summed E-state index contributed by atoms with van der Waals surface area (Å²) in [5.74, 6) is 0.859. The SMILES string of the molecule is NC(c1cc(Cl)cc(Br)c1)c1cc(Cl)cc2c1OCC2. The van der Waals surface area contributed by atoms with Crippen LogP contribution in [0.4, 0.5) is 0 Å². The van der Waals surface area contributed by atoms with Gasteiger partial charge in [0, 0.05) is 26.5 Å². The molecule has 104 valence electrons. The summed E-state index contributed by atoms with van der Waals surface area (Å²) in [6.07, 6.45) is 0.870. The van der Waals surface area contributed by atoms with Crippen LogP contribution >= 0.6 is 39.1 Å². The molecular weight excluding hydrogens is 361 g/mol. The Morgan fingerprint density at radius 1 is 1.10 bits per heavy atom. The van der Waals surface area contributed by atoms with Gasteiger partial charge in [0.1, 0.15) is 5.75 Å². The molecular formula is C15H12BrCl2NO. The van der Waals surface area contributed by atoms with Gasteiger partial charge in [0.25, 0.3) is 0 Å². The first-order chi connectivity index (χ1) is 9.54. The normalized spacial score (nSPS) is 14.8. The molecule has 0 fully saturated rings. The van der Waals surface area contributed by atoms with Crippen molar-refractivity contribution in [3.05, 3.63) is 61.5 Å². The van der Waals surface area contributed by atoms with Crippen molar-refractivity contribution in [1.29, 1.82) is 0 Å². The van der Waals surface area contributed by atoms with Gasteiger partial charge in [-0.3, -0.25) is 0 Å². The standard InChI is InChI=1S/C15H12BrCl2NO/c16-10-3-9(5-11(17)6-10)14(19)13-7-12(18)4-8-1-2-20-15(8)13/h3-7,14H,1-2,19H2. The van der Waals surface area contributed by atoms with Crippen molar-refractivity contribution in [3.8, 4) is 5.75 Å². The minimum Gasteiger partial charge on any atom is -0.493 e. The second-order valence-corrected chi connectivity index (χ2v) is 6.55. The molecule has 1 aliphatic rings. The van der Waals surface area contributed by atoms with Gasteiger partial charge in [0.05, 0.1) is 12.6 Å². The highest BCUT2D eigenvalue weighted by Gasteiger charge is 2.22. The molecule has 0 bridgehead atoms. The molecule has 2 aromatic carbocycles. The van der Waals surface area contributed by atoms with E-state index in [1.54, 1.807) is 0 Å². The number of halogens is 3. The zero-order valence-electron chi connectivity index (χ0n) is 10.5. The Hall–Kier alpha value is -0.740. The van der Waals surface area contributed by atoms with E-state index in [4.69, 9.17) is 33.7 Å². The Kier molecular flexibility index (Phi) is 3.95. The molecule has 5 heteroatoms. The fourth-order valence-electron chi connectivity index (χ4n) is 2.46.